The quantitative estimate of drug-likeness (QED) is 0.875. The Kier molecular flexibility index (Phi) is 5.21. The van der Waals surface area contributed by atoms with Crippen molar-refractivity contribution in [1.82, 2.24) is 10.0 Å². The number of benzene rings is 1. The van der Waals surface area contributed by atoms with Crippen molar-refractivity contribution in [1.29, 1.82) is 0 Å². The van der Waals surface area contributed by atoms with Crippen molar-refractivity contribution in [3.05, 3.63) is 29.3 Å². The summed E-state index contributed by atoms with van der Waals surface area (Å²) in [6.45, 7) is 2.51. The first kappa shape index (κ1) is 14.8. The molecule has 1 heterocycles. The number of sulfonamides is 1. The third-order valence-corrected chi connectivity index (χ3v) is 5.33. The minimum Gasteiger partial charge on any atom is -0.316 e. The first-order valence-corrected chi connectivity index (χ1v) is 8.40. The van der Waals surface area contributed by atoms with Crippen LogP contribution >= 0.6 is 11.6 Å². The van der Waals surface area contributed by atoms with Gasteiger partial charge in [0.1, 0.15) is 4.90 Å². The van der Waals surface area contributed by atoms with Crippen LogP contribution in [0.25, 0.3) is 0 Å². The van der Waals surface area contributed by atoms with E-state index in [1.54, 1.807) is 18.2 Å². The molecule has 1 saturated heterocycles. The van der Waals surface area contributed by atoms with Crippen LogP contribution in [0.4, 0.5) is 0 Å². The molecule has 1 fully saturated rings. The highest BCUT2D eigenvalue weighted by atomic mass is 35.5. The van der Waals surface area contributed by atoms with E-state index in [9.17, 15) is 8.42 Å². The maximum absolute atomic E-state index is 12.1. The highest BCUT2D eigenvalue weighted by Crippen LogP contribution is 2.20. The Morgan fingerprint density at radius 2 is 2.16 bits per heavy atom. The molecule has 0 saturated carbocycles. The summed E-state index contributed by atoms with van der Waals surface area (Å²) in [7, 11) is -3.49. The molecule has 0 bridgehead atoms. The summed E-state index contributed by atoms with van der Waals surface area (Å²) in [5, 5.41) is 3.58. The molecular formula is C13H19ClN2O2S. The van der Waals surface area contributed by atoms with Crippen molar-refractivity contribution in [2.24, 2.45) is 5.92 Å². The van der Waals surface area contributed by atoms with Crippen molar-refractivity contribution in [3.8, 4) is 0 Å². The Morgan fingerprint density at radius 3 is 2.84 bits per heavy atom. The summed E-state index contributed by atoms with van der Waals surface area (Å²) in [4.78, 5) is 0.151. The molecule has 0 aliphatic carbocycles. The lowest BCUT2D eigenvalue weighted by molar-refractivity contribution is 0.358. The molecule has 1 aromatic rings. The molecule has 2 N–H and O–H groups in total. The first-order chi connectivity index (χ1) is 9.09. The van der Waals surface area contributed by atoms with Crippen LogP contribution in [-0.2, 0) is 10.0 Å². The predicted octanol–water partition coefficient (Wildman–Crippen LogP) is 2.01. The molecule has 2 rings (SSSR count). The molecule has 0 amide bonds. The minimum absolute atomic E-state index is 0.151. The van der Waals surface area contributed by atoms with E-state index in [1.165, 1.54) is 18.9 Å². The summed E-state index contributed by atoms with van der Waals surface area (Å²) in [5.41, 5.74) is 0. The normalized spacial score (nSPS) is 20.4. The number of hydrogen-bond donors (Lipinski definition) is 2. The molecule has 1 aliphatic rings. The van der Waals surface area contributed by atoms with Crippen molar-refractivity contribution >= 4 is 21.6 Å². The van der Waals surface area contributed by atoms with Gasteiger partial charge in [-0.2, -0.15) is 0 Å². The molecule has 1 aliphatic heterocycles. The molecule has 6 heteroatoms. The van der Waals surface area contributed by atoms with Gasteiger partial charge in [0.05, 0.1) is 5.02 Å². The predicted molar refractivity (Wildman–Crippen MR) is 76.9 cm³/mol. The van der Waals surface area contributed by atoms with Gasteiger partial charge in [-0.15, -0.1) is 0 Å². The number of rotatable bonds is 5. The molecule has 1 unspecified atom stereocenters. The zero-order valence-electron chi connectivity index (χ0n) is 10.7. The second kappa shape index (κ2) is 6.70. The van der Waals surface area contributed by atoms with Crippen molar-refractivity contribution in [2.45, 2.75) is 24.2 Å². The number of hydrogen-bond acceptors (Lipinski definition) is 3. The van der Waals surface area contributed by atoms with Gasteiger partial charge in [0.15, 0.2) is 0 Å². The number of halogens is 1. The van der Waals surface area contributed by atoms with Crippen molar-refractivity contribution in [3.63, 3.8) is 0 Å². The van der Waals surface area contributed by atoms with Crippen molar-refractivity contribution in [2.75, 3.05) is 19.6 Å². The van der Waals surface area contributed by atoms with Crippen LogP contribution in [0, 0.1) is 5.92 Å². The fourth-order valence-electron chi connectivity index (χ4n) is 2.31. The Labute approximate surface area is 119 Å². The topological polar surface area (TPSA) is 58.2 Å². The average molecular weight is 303 g/mol. The van der Waals surface area contributed by atoms with Crippen LogP contribution in [0.15, 0.2) is 29.2 Å². The van der Waals surface area contributed by atoms with Crippen molar-refractivity contribution < 1.29 is 8.42 Å². The second-order valence-corrected chi connectivity index (χ2v) is 6.97. The SMILES string of the molecule is O=S(=O)(NCCC1CCCNC1)c1ccccc1Cl. The van der Waals surface area contributed by atoms with E-state index in [0.29, 0.717) is 12.5 Å². The highest BCUT2D eigenvalue weighted by molar-refractivity contribution is 7.89. The summed E-state index contributed by atoms with van der Waals surface area (Å²) in [6.07, 6.45) is 3.19. The summed E-state index contributed by atoms with van der Waals surface area (Å²) in [6, 6.07) is 6.49. The van der Waals surface area contributed by atoms with Crippen LogP contribution < -0.4 is 10.0 Å². The van der Waals surface area contributed by atoms with Crippen LogP contribution in [0.2, 0.25) is 5.02 Å². The summed E-state index contributed by atoms with van der Waals surface area (Å²) < 4.78 is 26.8. The van der Waals surface area contributed by atoms with Crippen LogP contribution in [0.5, 0.6) is 0 Å². The lowest BCUT2D eigenvalue weighted by Crippen LogP contribution is -2.33. The smallest absolute Gasteiger partial charge is 0.242 e. The van der Waals surface area contributed by atoms with Gasteiger partial charge in [0.25, 0.3) is 0 Å². The average Bonchev–Trinajstić information content (AvgIpc) is 2.40. The van der Waals surface area contributed by atoms with E-state index in [1.807, 2.05) is 0 Å². The van der Waals surface area contributed by atoms with Crippen LogP contribution in [0.3, 0.4) is 0 Å². The molecule has 106 valence electrons. The van der Waals surface area contributed by atoms with Gasteiger partial charge in [0, 0.05) is 6.54 Å². The Hall–Kier alpha value is -0.620. The van der Waals surface area contributed by atoms with E-state index in [4.69, 9.17) is 11.6 Å². The molecule has 0 radical (unpaired) electrons. The largest absolute Gasteiger partial charge is 0.316 e. The maximum atomic E-state index is 12.1. The van der Waals surface area contributed by atoms with E-state index >= 15 is 0 Å². The Balaban J connectivity index is 1.89. The fraction of sp³-hybridized carbons (Fsp3) is 0.538. The van der Waals surface area contributed by atoms with E-state index in [-0.39, 0.29) is 9.92 Å². The maximum Gasteiger partial charge on any atom is 0.242 e. The standard InChI is InChI=1S/C13H19ClN2O2S/c14-12-5-1-2-6-13(12)19(17,18)16-9-7-11-4-3-8-15-10-11/h1-2,5-6,11,15-16H,3-4,7-10H2. The van der Waals surface area contributed by atoms with Gasteiger partial charge in [-0.3, -0.25) is 0 Å². The summed E-state index contributed by atoms with van der Waals surface area (Å²) >= 11 is 5.91. The molecule has 0 spiro atoms. The first-order valence-electron chi connectivity index (χ1n) is 6.54. The van der Waals surface area contributed by atoms with Crippen LogP contribution in [-0.4, -0.2) is 28.1 Å². The van der Waals surface area contributed by atoms with Crippen LogP contribution in [0.1, 0.15) is 19.3 Å². The van der Waals surface area contributed by atoms with Gasteiger partial charge in [-0.25, -0.2) is 13.1 Å². The van der Waals surface area contributed by atoms with E-state index in [2.05, 4.69) is 10.0 Å². The van der Waals surface area contributed by atoms with E-state index < -0.39 is 10.0 Å². The lowest BCUT2D eigenvalue weighted by atomic mass is 9.96. The molecule has 1 aromatic carbocycles. The monoisotopic (exact) mass is 302 g/mol. The van der Waals surface area contributed by atoms with Gasteiger partial charge < -0.3 is 5.32 Å². The molecule has 0 aromatic heterocycles. The van der Waals surface area contributed by atoms with E-state index in [0.717, 1.165) is 19.5 Å². The lowest BCUT2D eigenvalue weighted by Gasteiger charge is -2.22. The van der Waals surface area contributed by atoms with Gasteiger partial charge in [-0.1, -0.05) is 23.7 Å². The molecule has 4 nitrogen and oxygen atoms in total. The fourth-order valence-corrected chi connectivity index (χ4v) is 3.87. The van der Waals surface area contributed by atoms with Gasteiger partial charge >= 0.3 is 0 Å². The molecular weight excluding hydrogens is 284 g/mol. The summed E-state index contributed by atoms with van der Waals surface area (Å²) in [5.74, 6) is 0.558. The number of nitrogens with one attached hydrogen (secondary N) is 2. The molecule has 19 heavy (non-hydrogen) atoms. The highest BCUT2D eigenvalue weighted by Gasteiger charge is 2.18. The Morgan fingerprint density at radius 1 is 1.37 bits per heavy atom. The zero-order chi connectivity index (χ0) is 13.7. The third-order valence-electron chi connectivity index (χ3n) is 3.37. The Bertz CT molecular complexity index is 513. The van der Waals surface area contributed by atoms with Gasteiger partial charge in [0.2, 0.25) is 10.0 Å². The number of piperidine rings is 1. The molecule has 1 atom stereocenters. The minimum atomic E-state index is -3.49. The second-order valence-electron chi connectivity index (χ2n) is 4.83. The van der Waals surface area contributed by atoms with Gasteiger partial charge in [-0.05, 0) is 50.4 Å². The zero-order valence-corrected chi connectivity index (χ0v) is 12.3. The third kappa shape index (κ3) is 4.18.